The van der Waals surface area contributed by atoms with Crippen molar-refractivity contribution in [1.82, 2.24) is 5.48 Å². The summed E-state index contributed by atoms with van der Waals surface area (Å²) < 4.78 is 13.1. The molecule has 3 nitrogen and oxygen atoms in total. The SMILES string of the molecule is Cc1cc(CNO)c(F)c(O)c1Cl. The summed E-state index contributed by atoms with van der Waals surface area (Å²) in [7, 11) is 0. The molecule has 3 N–H and O–H groups in total. The zero-order valence-electron chi connectivity index (χ0n) is 6.93. The summed E-state index contributed by atoms with van der Waals surface area (Å²) in [6, 6.07) is 1.46. The van der Waals surface area contributed by atoms with Gasteiger partial charge in [0.15, 0.2) is 11.6 Å². The Morgan fingerprint density at radius 3 is 2.77 bits per heavy atom. The molecule has 0 aliphatic carbocycles. The summed E-state index contributed by atoms with van der Waals surface area (Å²) in [5.41, 5.74) is 2.53. The number of halogens is 2. The average Bonchev–Trinajstić information content (AvgIpc) is 2.11. The van der Waals surface area contributed by atoms with Crippen molar-refractivity contribution in [1.29, 1.82) is 0 Å². The van der Waals surface area contributed by atoms with Crippen molar-refractivity contribution in [3.63, 3.8) is 0 Å². The predicted molar refractivity (Wildman–Crippen MR) is 46.4 cm³/mol. The van der Waals surface area contributed by atoms with E-state index in [4.69, 9.17) is 16.8 Å². The van der Waals surface area contributed by atoms with Crippen molar-refractivity contribution in [2.24, 2.45) is 0 Å². The normalized spacial score (nSPS) is 10.5. The van der Waals surface area contributed by atoms with E-state index in [1.54, 1.807) is 12.4 Å². The van der Waals surface area contributed by atoms with Gasteiger partial charge in [-0.05, 0) is 12.5 Å². The van der Waals surface area contributed by atoms with Crippen LogP contribution in [0.2, 0.25) is 5.02 Å². The Kier molecular flexibility index (Phi) is 3.08. The van der Waals surface area contributed by atoms with Gasteiger partial charge in [0.25, 0.3) is 0 Å². The Labute approximate surface area is 79.7 Å². The molecule has 0 spiro atoms. The molecule has 0 heterocycles. The first-order valence-corrected chi connectivity index (χ1v) is 3.99. The van der Waals surface area contributed by atoms with E-state index in [1.807, 2.05) is 0 Å². The molecule has 1 aromatic carbocycles. The standard InChI is InChI=1S/C8H9ClFNO2/c1-4-2-5(3-11-13)7(10)8(12)6(4)9/h2,11-13H,3H2,1H3. The highest BCUT2D eigenvalue weighted by Gasteiger charge is 2.13. The van der Waals surface area contributed by atoms with Gasteiger partial charge in [-0.25, -0.2) is 9.87 Å². The second kappa shape index (κ2) is 3.91. The molecule has 0 unspecified atom stereocenters. The van der Waals surface area contributed by atoms with Crippen LogP contribution in [0.25, 0.3) is 0 Å². The van der Waals surface area contributed by atoms with Crippen molar-refractivity contribution in [2.45, 2.75) is 13.5 Å². The number of rotatable bonds is 2. The molecule has 1 rings (SSSR count). The maximum absolute atomic E-state index is 13.1. The van der Waals surface area contributed by atoms with E-state index >= 15 is 0 Å². The zero-order chi connectivity index (χ0) is 10.0. The van der Waals surface area contributed by atoms with Gasteiger partial charge in [0.05, 0.1) is 5.02 Å². The van der Waals surface area contributed by atoms with Crippen molar-refractivity contribution in [3.05, 3.63) is 28.0 Å². The zero-order valence-corrected chi connectivity index (χ0v) is 7.69. The summed E-state index contributed by atoms with van der Waals surface area (Å²) in [5, 5.41) is 17.5. The first-order valence-electron chi connectivity index (χ1n) is 3.61. The summed E-state index contributed by atoms with van der Waals surface area (Å²) >= 11 is 5.58. The average molecular weight is 206 g/mol. The Hall–Kier alpha value is -0.840. The van der Waals surface area contributed by atoms with Gasteiger partial charge < -0.3 is 10.3 Å². The molecule has 0 atom stereocenters. The van der Waals surface area contributed by atoms with Gasteiger partial charge in [-0.1, -0.05) is 17.7 Å². The fraction of sp³-hybridized carbons (Fsp3) is 0.250. The monoisotopic (exact) mass is 205 g/mol. The number of aromatic hydroxyl groups is 1. The molecule has 0 radical (unpaired) electrons. The molecular weight excluding hydrogens is 197 g/mol. The molecule has 1 aromatic rings. The third kappa shape index (κ3) is 1.91. The number of hydrogen-bond acceptors (Lipinski definition) is 3. The van der Waals surface area contributed by atoms with Gasteiger partial charge in [-0.15, -0.1) is 0 Å². The van der Waals surface area contributed by atoms with E-state index < -0.39 is 11.6 Å². The van der Waals surface area contributed by atoms with Gasteiger partial charge in [-0.3, -0.25) is 0 Å². The lowest BCUT2D eigenvalue weighted by atomic mass is 10.1. The minimum Gasteiger partial charge on any atom is -0.504 e. The van der Waals surface area contributed by atoms with Crippen LogP contribution in [0.4, 0.5) is 4.39 Å². The van der Waals surface area contributed by atoms with Crippen molar-refractivity contribution >= 4 is 11.6 Å². The quantitative estimate of drug-likeness (QED) is 0.647. The Morgan fingerprint density at radius 1 is 1.62 bits per heavy atom. The van der Waals surface area contributed by atoms with Crippen LogP contribution in [-0.2, 0) is 6.54 Å². The largest absolute Gasteiger partial charge is 0.504 e. The maximum Gasteiger partial charge on any atom is 0.170 e. The maximum atomic E-state index is 13.1. The number of phenolic OH excluding ortho intramolecular Hbond substituents is 1. The van der Waals surface area contributed by atoms with Gasteiger partial charge in [-0.2, -0.15) is 0 Å². The highest BCUT2D eigenvalue weighted by Crippen LogP contribution is 2.31. The summed E-state index contributed by atoms with van der Waals surface area (Å²) in [6.07, 6.45) is 0. The molecule has 5 heteroatoms. The first kappa shape index (κ1) is 10.2. The van der Waals surface area contributed by atoms with E-state index in [0.717, 1.165) is 0 Å². The predicted octanol–water partition coefficient (Wildman–Crippen LogP) is 1.97. The second-order valence-corrected chi connectivity index (χ2v) is 3.04. The molecule has 0 saturated heterocycles. The number of hydroxylamine groups is 1. The Balaban J connectivity index is 3.24. The number of aryl methyl sites for hydroxylation is 1. The lowest BCUT2D eigenvalue weighted by Gasteiger charge is -2.07. The van der Waals surface area contributed by atoms with E-state index in [2.05, 4.69) is 0 Å². The topological polar surface area (TPSA) is 52.5 Å². The highest BCUT2D eigenvalue weighted by molar-refractivity contribution is 6.32. The van der Waals surface area contributed by atoms with Crippen molar-refractivity contribution < 1.29 is 14.7 Å². The lowest BCUT2D eigenvalue weighted by molar-refractivity contribution is 0.159. The van der Waals surface area contributed by atoms with Crippen molar-refractivity contribution in [2.75, 3.05) is 0 Å². The second-order valence-electron chi connectivity index (χ2n) is 2.66. The molecular formula is C8H9ClFNO2. The summed E-state index contributed by atoms with van der Waals surface area (Å²) in [6.45, 7) is 1.57. The van der Waals surface area contributed by atoms with E-state index in [0.29, 0.717) is 5.56 Å². The molecule has 72 valence electrons. The number of nitrogens with one attached hydrogen (secondary N) is 1. The summed E-state index contributed by atoms with van der Waals surface area (Å²) in [4.78, 5) is 0. The summed E-state index contributed by atoms with van der Waals surface area (Å²) in [5.74, 6) is -1.39. The van der Waals surface area contributed by atoms with Gasteiger partial charge in [0.2, 0.25) is 0 Å². The van der Waals surface area contributed by atoms with Crippen LogP contribution in [0.5, 0.6) is 5.75 Å². The van der Waals surface area contributed by atoms with E-state index in [1.165, 1.54) is 6.07 Å². The molecule has 0 saturated carbocycles. The van der Waals surface area contributed by atoms with Crippen LogP contribution in [0, 0.1) is 12.7 Å². The molecule has 13 heavy (non-hydrogen) atoms. The molecule has 0 fully saturated rings. The fourth-order valence-electron chi connectivity index (χ4n) is 1.04. The minimum atomic E-state index is -0.808. The van der Waals surface area contributed by atoms with Crippen LogP contribution >= 0.6 is 11.6 Å². The smallest absolute Gasteiger partial charge is 0.170 e. The molecule has 0 bridgehead atoms. The number of benzene rings is 1. The minimum absolute atomic E-state index is 0.000750. The third-order valence-corrected chi connectivity index (χ3v) is 2.18. The molecule has 0 aliphatic heterocycles. The first-order chi connectivity index (χ1) is 6.07. The van der Waals surface area contributed by atoms with Crippen molar-refractivity contribution in [3.8, 4) is 5.75 Å². The van der Waals surface area contributed by atoms with E-state index in [9.17, 15) is 9.50 Å². The van der Waals surface area contributed by atoms with Gasteiger partial charge >= 0.3 is 0 Å². The van der Waals surface area contributed by atoms with Crippen LogP contribution in [0.15, 0.2) is 6.07 Å². The molecule has 0 aliphatic rings. The van der Waals surface area contributed by atoms with Gasteiger partial charge in [0, 0.05) is 12.1 Å². The van der Waals surface area contributed by atoms with Crippen LogP contribution in [-0.4, -0.2) is 10.3 Å². The molecule has 0 aromatic heterocycles. The fourth-order valence-corrected chi connectivity index (χ4v) is 1.17. The number of hydrogen-bond donors (Lipinski definition) is 3. The Bertz CT molecular complexity index is 330. The van der Waals surface area contributed by atoms with Crippen LogP contribution < -0.4 is 5.48 Å². The van der Waals surface area contributed by atoms with E-state index in [-0.39, 0.29) is 17.1 Å². The third-order valence-electron chi connectivity index (χ3n) is 1.70. The van der Waals surface area contributed by atoms with Crippen LogP contribution in [0.1, 0.15) is 11.1 Å². The number of phenols is 1. The Morgan fingerprint density at radius 2 is 2.23 bits per heavy atom. The lowest BCUT2D eigenvalue weighted by Crippen LogP contribution is -2.08. The molecule has 0 amide bonds. The highest BCUT2D eigenvalue weighted by atomic mass is 35.5. The van der Waals surface area contributed by atoms with Crippen LogP contribution in [0.3, 0.4) is 0 Å². The van der Waals surface area contributed by atoms with Gasteiger partial charge in [0.1, 0.15) is 0 Å².